The van der Waals surface area contributed by atoms with Crippen LogP contribution in [-0.2, 0) is 10.0 Å². The molecule has 0 bridgehead atoms. The number of benzene rings is 1. The van der Waals surface area contributed by atoms with E-state index in [4.69, 9.17) is 5.73 Å². The largest absolute Gasteiger partial charge is 0.399 e. The summed E-state index contributed by atoms with van der Waals surface area (Å²) in [5.41, 5.74) is 5.15. The molecule has 0 aromatic heterocycles. The number of nitrogens with zero attached hydrogens (tertiary/aromatic N) is 1. The van der Waals surface area contributed by atoms with Crippen molar-refractivity contribution in [3.05, 3.63) is 28.3 Å². The van der Waals surface area contributed by atoms with Gasteiger partial charge in [-0.2, -0.15) is 0 Å². The first-order chi connectivity index (χ1) is 9.81. The number of rotatable bonds is 5. The maximum absolute atomic E-state index is 12.4. The van der Waals surface area contributed by atoms with Gasteiger partial charge in [0.2, 0.25) is 10.0 Å². The first-order valence-electron chi connectivity index (χ1n) is 6.87. The monoisotopic (exact) mass is 313 g/mol. The fourth-order valence-corrected chi connectivity index (χ4v) is 4.23. The quantitative estimate of drug-likeness (QED) is 0.490. The van der Waals surface area contributed by atoms with Crippen LogP contribution >= 0.6 is 0 Å². The van der Waals surface area contributed by atoms with E-state index in [1.165, 1.54) is 12.1 Å². The molecule has 0 spiro atoms. The average Bonchev–Trinajstić information content (AvgIpc) is 2.91. The molecule has 1 aromatic rings. The second-order valence-corrected chi connectivity index (χ2v) is 7.12. The molecule has 0 heterocycles. The molecule has 7 nitrogen and oxygen atoms in total. The second-order valence-electron chi connectivity index (χ2n) is 5.44. The molecule has 116 valence electrons. The van der Waals surface area contributed by atoms with Gasteiger partial charge in [0.25, 0.3) is 5.69 Å². The fourth-order valence-electron chi connectivity index (χ4n) is 2.77. The number of nitrogen functional groups attached to an aromatic ring is 1. The van der Waals surface area contributed by atoms with E-state index in [0.29, 0.717) is 0 Å². The van der Waals surface area contributed by atoms with Gasteiger partial charge in [0, 0.05) is 17.8 Å². The van der Waals surface area contributed by atoms with Crippen LogP contribution in [0, 0.1) is 16.0 Å². The molecule has 2 rings (SSSR count). The molecule has 1 aromatic carbocycles. The van der Waals surface area contributed by atoms with E-state index in [2.05, 4.69) is 4.72 Å². The van der Waals surface area contributed by atoms with Gasteiger partial charge in [0.15, 0.2) is 4.90 Å². The van der Waals surface area contributed by atoms with Crippen LogP contribution in [0.2, 0.25) is 0 Å². The molecule has 0 aliphatic heterocycles. The van der Waals surface area contributed by atoms with E-state index >= 15 is 0 Å². The summed E-state index contributed by atoms with van der Waals surface area (Å²) in [4.78, 5) is 9.95. The van der Waals surface area contributed by atoms with Crippen molar-refractivity contribution in [3.63, 3.8) is 0 Å². The van der Waals surface area contributed by atoms with Gasteiger partial charge in [-0.15, -0.1) is 0 Å². The second kappa shape index (κ2) is 5.98. The number of hydrogen-bond acceptors (Lipinski definition) is 5. The predicted octanol–water partition coefficient (Wildman–Crippen LogP) is 2.03. The molecule has 1 saturated carbocycles. The Morgan fingerprint density at radius 2 is 2.00 bits per heavy atom. The van der Waals surface area contributed by atoms with Crippen LogP contribution in [0.1, 0.15) is 32.6 Å². The highest BCUT2D eigenvalue weighted by atomic mass is 32.2. The van der Waals surface area contributed by atoms with E-state index < -0.39 is 20.6 Å². The van der Waals surface area contributed by atoms with E-state index in [1.54, 1.807) is 6.92 Å². The normalized spacial score (nSPS) is 17.8. The Balaban J connectivity index is 2.29. The Labute approximate surface area is 123 Å². The van der Waals surface area contributed by atoms with Gasteiger partial charge in [0.1, 0.15) is 0 Å². The third kappa shape index (κ3) is 3.51. The molecule has 8 heteroatoms. The highest BCUT2D eigenvalue weighted by Gasteiger charge is 2.30. The minimum atomic E-state index is -3.94. The van der Waals surface area contributed by atoms with Crippen LogP contribution in [0.15, 0.2) is 23.1 Å². The number of nitrogens with two attached hydrogens (primary N) is 1. The van der Waals surface area contributed by atoms with Gasteiger partial charge in [-0.05, 0) is 37.8 Å². The lowest BCUT2D eigenvalue weighted by Crippen LogP contribution is -2.37. The molecular formula is C13H19N3O4S. The van der Waals surface area contributed by atoms with E-state index in [9.17, 15) is 18.5 Å². The lowest BCUT2D eigenvalue weighted by atomic mass is 10.0. The molecule has 1 fully saturated rings. The minimum absolute atomic E-state index is 0.157. The van der Waals surface area contributed by atoms with Gasteiger partial charge in [-0.25, -0.2) is 13.1 Å². The molecular weight excluding hydrogens is 294 g/mol. The zero-order valence-electron chi connectivity index (χ0n) is 11.8. The number of nitrogens with one attached hydrogen (secondary N) is 1. The number of hydrogen-bond donors (Lipinski definition) is 2. The first kappa shape index (κ1) is 15.7. The van der Waals surface area contributed by atoms with Crippen molar-refractivity contribution >= 4 is 21.4 Å². The van der Waals surface area contributed by atoms with Crippen molar-refractivity contribution in [1.29, 1.82) is 0 Å². The van der Waals surface area contributed by atoms with Crippen molar-refractivity contribution in [1.82, 2.24) is 4.72 Å². The highest BCUT2D eigenvalue weighted by molar-refractivity contribution is 7.89. The average molecular weight is 313 g/mol. The van der Waals surface area contributed by atoms with Crippen LogP contribution in [0.5, 0.6) is 0 Å². The number of nitro benzene ring substituents is 1. The third-order valence-corrected chi connectivity index (χ3v) is 5.52. The molecule has 1 aliphatic carbocycles. The topological polar surface area (TPSA) is 115 Å². The molecule has 1 aliphatic rings. The highest BCUT2D eigenvalue weighted by Crippen LogP contribution is 2.30. The van der Waals surface area contributed by atoms with E-state index in [-0.39, 0.29) is 22.5 Å². The molecule has 0 radical (unpaired) electrons. The maximum Gasteiger partial charge on any atom is 0.291 e. The van der Waals surface area contributed by atoms with E-state index in [0.717, 1.165) is 31.7 Å². The SMILES string of the molecule is CC(NS(=O)(=O)c1ccc(N)cc1[N+](=O)[O-])C1CCCC1. The van der Waals surface area contributed by atoms with Crippen LogP contribution < -0.4 is 10.5 Å². The lowest BCUT2D eigenvalue weighted by Gasteiger charge is -2.20. The summed E-state index contributed by atoms with van der Waals surface area (Å²) >= 11 is 0. The maximum atomic E-state index is 12.4. The van der Waals surface area contributed by atoms with Crippen LogP contribution in [0.25, 0.3) is 0 Å². The summed E-state index contributed by atoms with van der Waals surface area (Å²) in [6.07, 6.45) is 4.15. The summed E-state index contributed by atoms with van der Waals surface area (Å²) in [5, 5.41) is 11.0. The lowest BCUT2D eigenvalue weighted by molar-refractivity contribution is -0.387. The number of anilines is 1. The standard InChI is InChI=1S/C13H19N3O4S/c1-9(10-4-2-3-5-10)15-21(19,20)13-7-6-11(14)8-12(13)16(17)18/h6-10,15H,2-5,14H2,1H3. The Hall–Kier alpha value is -1.67. The van der Waals surface area contributed by atoms with Crippen LogP contribution in [0.4, 0.5) is 11.4 Å². The smallest absolute Gasteiger partial charge is 0.291 e. The van der Waals surface area contributed by atoms with Crippen molar-refractivity contribution in [2.24, 2.45) is 5.92 Å². The van der Waals surface area contributed by atoms with Crippen molar-refractivity contribution in [2.75, 3.05) is 5.73 Å². The molecule has 0 amide bonds. The Kier molecular flexibility index (Phi) is 4.48. The van der Waals surface area contributed by atoms with E-state index in [1.807, 2.05) is 0 Å². The third-order valence-electron chi connectivity index (χ3n) is 3.92. The van der Waals surface area contributed by atoms with Crippen molar-refractivity contribution in [2.45, 2.75) is 43.5 Å². The Morgan fingerprint density at radius 3 is 2.57 bits per heavy atom. The molecule has 0 saturated heterocycles. The molecule has 1 unspecified atom stereocenters. The van der Waals surface area contributed by atoms with Crippen LogP contribution in [0.3, 0.4) is 0 Å². The van der Waals surface area contributed by atoms with Gasteiger partial charge < -0.3 is 5.73 Å². The number of nitro groups is 1. The van der Waals surface area contributed by atoms with Gasteiger partial charge in [-0.3, -0.25) is 10.1 Å². The Bertz CT molecular complexity index is 639. The van der Waals surface area contributed by atoms with Gasteiger partial charge in [0.05, 0.1) is 4.92 Å². The molecule has 3 N–H and O–H groups in total. The first-order valence-corrected chi connectivity index (χ1v) is 8.36. The molecule has 1 atom stereocenters. The molecule has 21 heavy (non-hydrogen) atoms. The van der Waals surface area contributed by atoms with Gasteiger partial charge >= 0.3 is 0 Å². The van der Waals surface area contributed by atoms with Crippen molar-refractivity contribution in [3.8, 4) is 0 Å². The summed E-state index contributed by atoms with van der Waals surface area (Å²) < 4.78 is 27.3. The zero-order valence-corrected chi connectivity index (χ0v) is 12.6. The van der Waals surface area contributed by atoms with Crippen molar-refractivity contribution < 1.29 is 13.3 Å². The predicted molar refractivity (Wildman–Crippen MR) is 79.3 cm³/mol. The zero-order chi connectivity index (χ0) is 15.6. The summed E-state index contributed by atoms with van der Waals surface area (Å²) in [7, 11) is -3.94. The Morgan fingerprint density at radius 1 is 1.38 bits per heavy atom. The number of sulfonamides is 1. The van der Waals surface area contributed by atoms with Gasteiger partial charge in [-0.1, -0.05) is 12.8 Å². The summed E-state index contributed by atoms with van der Waals surface area (Å²) in [5.74, 6) is 0.285. The minimum Gasteiger partial charge on any atom is -0.399 e. The van der Waals surface area contributed by atoms with Crippen LogP contribution in [-0.4, -0.2) is 19.4 Å². The summed E-state index contributed by atoms with van der Waals surface area (Å²) in [6.45, 7) is 1.80. The fraction of sp³-hybridized carbons (Fsp3) is 0.538. The summed E-state index contributed by atoms with van der Waals surface area (Å²) in [6, 6.07) is 3.35.